The fraction of sp³-hybridized carbons (Fsp3) is 0.263. The summed E-state index contributed by atoms with van der Waals surface area (Å²) in [4.78, 5) is 16.8. The number of aromatic nitrogens is 1. The Bertz CT molecular complexity index is 853. The largest absolute Gasteiger partial charge is 0.494 e. The SMILES string of the molecule is CCOc1ccc(C(=O)Nc2nc3ccc(C(C)C)cc3s2)cc1. The molecule has 0 aliphatic carbocycles. The Labute approximate surface area is 145 Å². The molecule has 124 valence electrons. The molecule has 0 unspecified atom stereocenters. The van der Waals surface area contributed by atoms with Gasteiger partial charge >= 0.3 is 0 Å². The maximum absolute atomic E-state index is 12.3. The maximum Gasteiger partial charge on any atom is 0.257 e. The van der Waals surface area contributed by atoms with Gasteiger partial charge in [0.05, 0.1) is 16.8 Å². The van der Waals surface area contributed by atoms with Crippen molar-refractivity contribution in [3.8, 4) is 5.75 Å². The van der Waals surface area contributed by atoms with Gasteiger partial charge in [-0.1, -0.05) is 31.3 Å². The quantitative estimate of drug-likeness (QED) is 0.705. The lowest BCUT2D eigenvalue weighted by molar-refractivity contribution is 0.102. The lowest BCUT2D eigenvalue weighted by atomic mass is 10.0. The number of fused-ring (bicyclic) bond motifs is 1. The van der Waals surface area contributed by atoms with E-state index >= 15 is 0 Å². The molecule has 1 heterocycles. The van der Waals surface area contributed by atoms with E-state index in [1.54, 1.807) is 24.3 Å². The van der Waals surface area contributed by atoms with Crippen molar-refractivity contribution < 1.29 is 9.53 Å². The van der Waals surface area contributed by atoms with E-state index in [0.717, 1.165) is 16.0 Å². The molecule has 0 fully saturated rings. The van der Waals surface area contributed by atoms with Gasteiger partial charge in [-0.3, -0.25) is 10.1 Å². The molecule has 24 heavy (non-hydrogen) atoms. The van der Waals surface area contributed by atoms with E-state index < -0.39 is 0 Å². The van der Waals surface area contributed by atoms with Crippen molar-refractivity contribution in [3.63, 3.8) is 0 Å². The molecule has 0 aliphatic heterocycles. The van der Waals surface area contributed by atoms with Gasteiger partial charge in [-0.2, -0.15) is 0 Å². The number of benzene rings is 2. The fourth-order valence-corrected chi connectivity index (χ4v) is 3.30. The highest BCUT2D eigenvalue weighted by Crippen LogP contribution is 2.29. The molecular weight excluding hydrogens is 320 g/mol. The Morgan fingerprint density at radius 2 is 1.96 bits per heavy atom. The highest BCUT2D eigenvalue weighted by atomic mass is 32.1. The average Bonchev–Trinajstić information content (AvgIpc) is 2.97. The molecule has 4 nitrogen and oxygen atoms in total. The molecule has 1 N–H and O–H groups in total. The number of carbonyl (C=O) groups is 1. The number of amides is 1. The van der Waals surface area contributed by atoms with Crippen LogP contribution in [0.3, 0.4) is 0 Å². The fourth-order valence-electron chi connectivity index (χ4n) is 2.39. The molecule has 1 aromatic heterocycles. The number of rotatable bonds is 5. The first-order chi connectivity index (χ1) is 11.6. The van der Waals surface area contributed by atoms with Gasteiger partial charge in [-0.05, 0) is 54.8 Å². The average molecular weight is 340 g/mol. The number of ether oxygens (including phenoxy) is 1. The Hall–Kier alpha value is -2.40. The van der Waals surface area contributed by atoms with Crippen molar-refractivity contribution >= 4 is 32.6 Å². The van der Waals surface area contributed by atoms with E-state index in [9.17, 15) is 4.79 Å². The topological polar surface area (TPSA) is 51.2 Å². The van der Waals surface area contributed by atoms with Crippen molar-refractivity contribution in [2.45, 2.75) is 26.7 Å². The Morgan fingerprint density at radius 1 is 1.21 bits per heavy atom. The smallest absolute Gasteiger partial charge is 0.257 e. The highest BCUT2D eigenvalue weighted by Gasteiger charge is 2.11. The van der Waals surface area contributed by atoms with Gasteiger partial charge < -0.3 is 4.74 Å². The van der Waals surface area contributed by atoms with Crippen LogP contribution in [0.1, 0.15) is 42.6 Å². The second-order valence-electron chi connectivity index (χ2n) is 5.81. The van der Waals surface area contributed by atoms with Crippen LogP contribution in [0.25, 0.3) is 10.2 Å². The van der Waals surface area contributed by atoms with Gasteiger partial charge in [-0.15, -0.1) is 0 Å². The van der Waals surface area contributed by atoms with E-state index in [2.05, 4.69) is 36.3 Å². The zero-order valence-corrected chi connectivity index (χ0v) is 14.8. The zero-order chi connectivity index (χ0) is 17.1. The van der Waals surface area contributed by atoms with Gasteiger partial charge in [-0.25, -0.2) is 4.98 Å². The number of nitrogens with one attached hydrogen (secondary N) is 1. The number of anilines is 1. The van der Waals surface area contributed by atoms with Crippen LogP contribution in [-0.4, -0.2) is 17.5 Å². The normalized spacial score (nSPS) is 11.0. The van der Waals surface area contributed by atoms with Gasteiger partial charge in [0.2, 0.25) is 0 Å². The van der Waals surface area contributed by atoms with Gasteiger partial charge in [0.15, 0.2) is 5.13 Å². The van der Waals surface area contributed by atoms with Crippen molar-refractivity contribution in [2.75, 3.05) is 11.9 Å². The summed E-state index contributed by atoms with van der Waals surface area (Å²) < 4.78 is 6.47. The maximum atomic E-state index is 12.3. The van der Waals surface area contributed by atoms with Gasteiger partial charge in [0, 0.05) is 5.56 Å². The first-order valence-corrected chi connectivity index (χ1v) is 8.83. The molecule has 0 aliphatic rings. The minimum Gasteiger partial charge on any atom is -0.494 e. The minimum absolute atomic E-state index is 0.166. The predicted molar refractivity (Wildman–Crippen MR) is 99.3 cm³/mol. The number of carbonyl (C=O) groups excluding carboxylic acids is 1. The van der Waals surface area contributed by atoms with E-state index in [4.69, 9.17) is 4.74 Å². The molecule has 0 bridgehead atoms. The van der Waals surface area contributed by atoms with Gasteiger partial charge in [0.25, 0.3) is 5.91 Å². The van der Waals surface area contributed by atoms with E-state index in [0.29, 0.717) is 23.2 Å². The van der Waals surface area contributed by atoms with Gasteiger partial charge in [0.1, 0.15) is 5.75 Å². The summed E-state index contributed by atoms with van der Waals surface area (Å²) in [5, 5.41) is 3.49. The zero-order valence-electron chi connectivity index (χ0n) is 14.0. The van der Waals surface area contributed by atoms with Crippen LogP contribution in [0.5, 0.6) is 5.75 Å². The standard InChI is InChI=1S/C19H20N2O2S/c1-4-23-15-8-5-13(6-9-15)18(22)21-19-20-16-10-7-14(12(2)3)11-17(16)24-19/h5-12H,4H2,1-3H3,(H,20,21,22). The Kier molecular flexibility index (Phi) is 4.81. The van der Waals surface area contributed by atoms with Crippen molar-refractivity contribution in [3.05, 3.63) is 53.6 Å². The van der Waals surface area contributed by atoms with Crippen LogP contribution < -0.4 is 10.1 Å². The minimum atomic E-state index is -0.166. The summed E-state index contributed by atoms with van der Waals surface area (Å²) in [5.74, 6) is 1.06. The highest BCUT2D eigenvalue weighted by molar-refractivity contribution is 7.22. The lowest BCUT2D eigenvalue weighted by Gasteiger charge is -2.04. The van der Waals surface area contributed by atoms with E-state index in [1.165, 1.54) is 16.9 Å². The van der Waals surface area contributed by atoms with Crippen LogP contribution in [0.4, 0.5) is 5.13 Å². The first kappa shape index (κ1) is 16.5. The molecule has 1 amide bonds. The van der Waals surface area contributed by atoms with Crippen molar-refractivity contribution in [2.24, 2.45) is 0 Å². The van der Waals surface area contributed by atoms with Crippen LogP contribution in [0.2, 0.25) is 0 Å². The Balaban J connectivity index is 1.77. The summed E-state index contributed by atoms with van der Waals surface area (Å²) in [5.41, 5.74) is 2.77. The summed E-state index contributed by atoms with van der Waals surface area (Å²) in [7, 11) is 0. The third-order valence-corrected chi connectivity index (χ3v) is 4.66. The van der Waals surface area contributed by atoms with Crippen LogP contribution in [-0.2, 0) is 0 Å². The summed E-state index contributed by atoms with van der Waals surface area (Å²) in [6.45, 7) is 6.86. The number of thiazole rings is 1. The van der Waals surface area contributed by atoms with Crippen LogP contribution >= 0.6 is 11.3 Å². The van der Waals surface area contributed by atoms with E-state index in [1.807, 2.05) is 13.0 Å². The second-order valence-corrected chi connectivity index (χ2v) is 6.84. The number of hydrogen-bond donors (Lipinski definition) is 1. The van der Waals surface area contributed by atoms with Crippen molar-refractivity contribution in [1.82, 2.24) is 4.98 Å². The molecule has 3 rings (SSSR count). The summed E-state index contributed by atoms with van der Waals surface area (Å²) >= 11 is 1.50. The van der Waals surface area contributed by atoms with E-state index in [-0.39, 0.29) is 5.91 Å². The first-order valence-electron chi connectivity index (χ1n) is 8.01. The molecular formula is C19H20N2O2S. The third-order valence-electron chi connectivity index (χ3n) is 3.73. The predicted octanol–water partition coefficient (Wildman–Crippen LogP) is 5.07. The van der Waals surface area contributed by atoms with Crippen LogP contribution in [0.15, 0.2) is 42.5 Å². The molecule has 0 saturated carbocycles. The molecule has 0 atom stereocenters. The molecule has 0 radical (unpaired) electrons. The monoisotopic (exact) mass is 340 g/mol. The number of hydrogen-bond acceptors (Lipinski definition) is 4. The molecule has 2 aromatic carbocycles. The summed E-state index contributed by atoms with van der Waals surface area (Å²) in [6.07, 6.45) is 0. The van der Waals surface area contributed by atoms with Crippen LogP contribution in [0, 0.1) is 0 Å². The van der Waals surface area contributed by atoms with Crippen molar-refractivity contribution in [1.29, 1.82) is 0 Å². The molecule has 3 aromatic rings. The third kappa shape index (κ3) is 3.57. The molecule has 5 heteroatoms. The Morgan fingerprint density at radius 3 is 2.62 bits per heavy atom. The summed E-state index contributed by atoms with van der Waals surface area (Å²) in [6, 6.07) is 13.3. The molecule has 0 spiro atoms. The lowest BCUT2D eigenvalue weighted by Crippen LogP contribution is -2.11. The molecule has 0 saturated heterocycles. The number of nitrogens with zero attached hydrogens (tertiary/aromatic N) is 1. The second kappa shape index (κ2) is 7.01.